The second-order valence-corrected chi connectivity index (χ2v) is 4.07. The van der Waals surface area contributed by atoms with Crippen molar-refractivity contribution in [1.82, 2.24) is 10.2 Å². The number of nitro benzene ring substituents is 1. The molecular formula is C11H12N4O4. The van der Waals surface area contributed by atoms with Crippen molar-refractivity contribution in [2.45, 2.75) is 6.54 Å². The van der Waals surface area contributed by atoms with Crippen LogP contribution in [0.15, 0.2) is 36.3 Å². The molecule has 0 saturated carbocycles. The van der Waals surface area contributed by atoms with Gasteiger partial charge in [0.2, 0.25) is 0 Å². The molecule has 2 rings (SSSR count). The van der Waals surface area contributed by atoms with Crippen molar-refractivity contribution in [3.05, 3.63) is 62.1 Å². The molecule has 19 heavy (non-hydrogen) atoms. The average Bonchev–Trinajstić information content (AvgIpc) is 2.76. The van der Waals surface area contributed by atoms with Crippen molar-refractivity contribution < 1.29 is 9.85 Å². The highest BCUT2D eigenvalue weighted by atomic mass is 16.6. The van der Waals surface area contributed by atoms with Crippen LogP contribution < -0.4 is 5.32 Å². The highest BCUT2D eigenvalue weighted by molar-refractivity contribution is 5.33. The van der Waals surface area contributed by atoms with E-state index in [2.05, 4.69) is 5.32 Å². The normalized spacial score (nSPS) is 16.4. The largest absolute Gasteiger partial charge is 0.365 e. The molecule has 1 aromatic carbocycles. The van der Waals surface area contributed by atoms with Gasteiger partial charge >= 0.3 is 0 Å². The van der Waals surface area contributed by atoms with Crippen molar-refractivity contribution in [2.75, 3.05) is 13.1 Å². The summed E-state index contributed by atoms with van der Waals surface area (Å²) in [6.45, 7) is 1.79. The summed E-state index contributed by atoms with van der Waals surface area (Å²) in [4.78, 5) is 21.9. The molecule has 1 saturated heterocycles. The number of nitro groups is 2. The van der Waals surface area contributed by atoms with Crippen LogP contribution in [0, 0.1) is 20.2 Å². The van der Waals surface area contributed by atoms with Gasteiger partial charge in [0.25, 0.3) is 11.9 Å². The standard InChI is InChI=1S/C11H12N4O4/c16-14(17)8-11-12-5-6-13(11)7-9-1-3-10(4-2-9)15(18)19/h1-4,8,12H,5-7H2/b11-8+. The zero-order valence-electron chi connectivity index (χ0n) is 9.98. The van der Waals surface area contributed by atoms with Gasteiger partial charge in [-0.15, -0.1) is 0 Å². The zero-order chi connectivity index (χ0) is 13.8. The second kappa shape index (κ2) is 5.34. The molecule has 1 aromatic rings. The highest BCUT2D eigenvalue weighted by Crippen LogP contribution is 2.16. The van der Waals surface area contributed by atoms with Gasteiger partial charge in [-0.05, 0) is 5.56 Å². The fraction of sp³-hybridized carbons (Fsp3) is 0.273. The molecule has 100 valence electrons. The lowest BCUT2D eigenvalue weighted by Gasteiger charge is -2.16. The summed E-state index contributed by atoms with van der Waals surface area (Å²) in [5.74, 6) is 0.461. The first-order valence-corrected chi connectivity index (χ1v) is 5.64. The van der Waals surface area contributed by atoms with Crippen molar-refractivity contribution >= 4 is 5.69 Å². The summed E-state index contributed by atoms with van der Waals surface area (Å²) >= 11 is 0. The Morgan fingerprint density at radius 3 is 2.53 bits per heavy atom. The van der Waals surface area contributed by atoms with Gasteiger partial charge in [-0.3, -0.25) is 20.2 Å². The van der Waals surface area contributed by atoms with Gasteiger partial charge < -0.3 is 10.2 Å². The lowest BCUT2D eigenvalue weighted by Crippen LogP contribution is -2.20. The van der Waals surface area contributed by atoms with Crippen LogP contribution in [0.3, 0.4) is 0 Å². The Labute approximate surface area is 108 Å². The van der Waals surface area contributed by atoms with E-state index in [9.17, 15) is 20.2 Å². The number of nitrogens with one attached hydrogen (secondary N) is 1. The topological polar surface area (TPSA) is 102 Å². The monoisotopic (exact) mass is 264 g/mol. The van der Waals surface area contributed by atoms with Crippen molar-refractivity contribution in [1.29, 1.82) is 0 Å². The number of nitrogens with zero attached hydrogens (tertiary/aromatic N) is 3. The summed E-state index contributed by atoms with van der Waals surface area (Å²) in [5, 5.41) is 23.9. The minimum absolute atomic E-state index is 0.0318. The van der Waals surface area contributed by atoms with Crippen LogP contribution in [0.1, 0.15) is 5.56 Å². The van der Waals surface area contributed by atoms with Gasteiger partial charge in [0, 0.05) is 31.8 Å². The SMILES string of the molecule is O=[N+]([O-])/C=C1\NCCN1Cc1ccc([N+](=O)[O-])cc1. The van der Waals surface area contributed by atoms with E-state index >= 15 is 0 Å². The molecule has 1 heterocycles. The molecule has 1 aliphatic rings. The Hall–Kier alpha value is -2.64. The first kappa shape index (κ1) is 12.8. The van der Waals surface area contributed by atoms with E-state index in [1.54, 1.807) is 12.1 Å². The Morgan fingerprint density at radius 1 is 1.26 bits per heavy atom. The van der Waals surface area contributed by atoms with Crippen molar-refractivity contribution in [3.63, 3.8) is 0 Å². The van der Waals surface area contributed by atoms with Crippen molar-refractivity contribution in [3.8, 4) is 0 Å². The molecule has 0 aliphatic carbocycles. The van der Waals surface area contributed by atoms with E-state index in [4.69, 9.17) is 0 Å². The van der Waals surface area contributed by atoms with Gasteiger partial charge in [-0.25, -0.2) is 0 Å². The first-order valence-electron chi connectivity index (χ1n) is 5.64. The maximum absolute atomic E-state index is 10.5. The maximum Gasteiger partial charge on any atom is 0.274 e. The Kier molecular flexibility index (Phi) is 3.60. The summed E-state index contributed by atoms with van der Waals surface area (Å²) in [6, 6.07) is 6.16. The summed E-state index contributed by atoms with van der Waals surface area (Å²) in [5.41, 5.74) is 0.896. The molecule has 0 unspecified atom stereocenters. The molecule has 1 fully saturated rings. The molecule has 0 spiro atoms. The molecule has 0 aromatic heterocycles. The molecule has 0 amide bonds. The van der Waals surface area contributed by atoms with Gasteiger partial charge in [-0.2, -0.15) is 0 Å². The number of hydrogen-bond acceptors (Lipinski definition) is 6. The summed E-state index contributed by atoms with van der Waals surface area (Å²) in [7, 11) is 0. The van der Waals surface area contributed by atoms with Crippen molar-refractivity contribution in [2.24, 2.45) is 0 Å². The Morgan fingerprint density at radius 2 is 1.95 bits per heavy atom. The summed E-state index contributed by atoms with van der Waals surface area (Å²) in [6.07, 6.45) is 0.929. The third-order valence-electron chi connectivity index (χ3n) is 2.78. The quantitative estimate of drug-likeness (QED) is 0.644. The predicted octanol–water partition coefficient (Wildman–Crippen LogP) is 1.08. The third kappa shape index (κ3) is 3.18. The van der Waals surface area contributed by atoms with Gasteiger partial charge in [0.05, 0.1) is 9.85 Å². The smallest absolute Gasteiger partial charge is 0.274 e. The summed E-state index contributed by atoms with van der Waals surface area (Å²) < 4.78 is 0. The van der Waals surface area contributed by atoms with Crippen LogP contribution in [0.2, 0.25) is 0 Å². The lowest BCUT2D eigenvalue weighted by molar-refractivity contribution is -0.404. The molecular weight excluding hydrogens is 252 g/mol. The number of rotatable bonds is 4. The maximum atomic E-state index is 10.5. The highest BCUT2D eigenvalue weighted by Gasteiger charge is 2.19. The van der Waals surface area contributed by atoms with Crippen LogP contribution in [-0.2, 0) is 6.54 Å². The van der Waals surface area contributed by atoms with E-state index in [-0.39, 0.29) is 5.69 Å². The van der Waals surface area contributed by atoms with Gasteiger partial charge in [0.15, 0.2) is 5.82 Å². The van der Waals surface area contributed by atoms with E-state index in [0.717, 1.165) is 11.8 Å². The van der Waals surface area contributed by atoms with E-state index < -0.39 is 9.85 Å². The fourth-order valence-corrected chi connectivity index (χ4v) is 1.89. The van der Waals surface area contributed by atoms with E-state index in [0.29, 0.717) is 25.5 Å². The van der Waals surface area contributed by atoms with Crippen LogP contribution >= 0.6 is 0 Å². The Balaban J connectivity index is 2.08. The van der Waals surface area contributed by atoms with Crippen LogP contribution in [0.4, 0.5) is 5.69 Å². The number of benzene rings is 1. The predicted molar refractivity (Wildman–Crippen MR) is 66.6 cm³/mol. The van der Waals surface area contributed by atoms with Crippen LogP contribution in [0.5, 0.6) is 0 Å². The van der Waals surface area contributed by atoms with Crippen LogP contribution in [0.25, 0.3) is 0 Å². The van der Waals surface area contributed by atoms with E-state index in [1.807, 2.05) is 4.90 Å². The number of hydrogen-bond donors (Lipinski definition) is 1. The molecule has 0 bridgehead atoms. The molecule has 8 nitrogen and oxygen atoms in total. The fourth-order valence-electron chi connectivity index (χ4n) is 1.89. The molecule has 1 N–H and O–H groups in total. The van der Waals surface area contributed by atoms with E-state index in [1.165, 1.54) is 12.1 Å². The van der Waals surface area contributed by atoms with Gasteiger partial charge in [-0.1, -0.05) is 12.1 Å². The second-order valence-electron chi connectivity index (χ2n) is 4.07. The Bertz CT molecular complexity index is 526. The zero-order valence-corrected chi connectivity index (χ0v) is 9.98. The first-order chi connectivity index (χ1) is 9.06. The molecule has 0 radical (unpaired) electrons. The average molecular weight is 264 g/mol. The molecule has 1 aliphatic heterocycles. The van der Waals surface area contributed by atoms with Crippen LogP contribution in [-0.4, -0.2) is 27.8 Å². The third-order valence-corrected chi connectivity index (χ3v) is 2.78. The minimum atomic E-state index is -0.503. The molecule has 0 atom stereocenters. The minimum Gasteiger partial charge on any atom is -0.365 e. The number of non-ortho nitro benzene ring substituents is 1. The van der Waals surface area contributed by atoms with Gasteiger partial charge in [0.1, 0.15) is 0 Å². The molecule has 8 heteroatoms. The lowest BCUT2D eigenvalue weighted by atomic mass is 10.2.